The molecule has 0 radical (unpaired) electrons. The third kappa shape index (κ3) is 7.32. The van der Waals surface area contributed by atoms with Crippen molar-refractivity contribution >= 4 is 24.4 Å². The number of nitrogens with zero attached hydrogens (tertiary/aromatic N) is 2. The molecule has 1 saturated heterocycles. The second-order valence-corrected chi connectivity index (χ2v) is 10.2. The number of carbonyl (C=O) groups excluding carboxylic acids is 2. The average Bonchev–Trinajstić information content (AvgIpc) is 3.48. The van der Waals surface area contributed by atoms with Crippen molar-refractivity contribution in [3.8, 4) is 23.0 Å². The normalized spacial score (nSPS) is 19.4. The Labute approximate surface area is 236 Å². The second kappa shape index (κ2) is 13.5. The Morgan fingerprint density at radius 2 is 2.00 bits per heavy atom. The highest BCUT2D eigenvalue weighted by atomic mass is 35.5. The number of aromatic nitrogens is 1. The summed E-state index contributed by atoms with van der Waals surface area (Å²) in [5.41, 5.74) is 6.73. The Morgan fingerprint density at radius 3 is 2.60 bits per heavy atom. The summed E-state index contributed by atoms with van der Waals surface area (Å²) in [6, 6.07) is 2.61. The number of alkyl halides is 2. The number of amides is 2. The zero-order chi connectivity index (χ0) is 28.3. The first-order valence-corrected chi connectivity index (χ1v) is 12.9. The lowest BCUT2D eigenvalue weighted by molar-refractivity contribution is -0.0515. The van der Waals surface area contributed by atoms with Gasteiger partial charge in [-0.05, 0) is 49.3 Å². The van der Waals surface area contributed by atoms with Crippen molar-refractivity contribution in [1.82, 2.24) is 15.2 Å². The molecule has 1 aliphatic heterocycles. The monoisotopic (exact) mass is 588 g/mol. The van der Waals surface area contributed by atoms with Gasteiger partial charge in [-0.25, -0.2) is 9.78 Å². The summed E-state index contributed by atoms with van der Waals surface area (Å²) in [4.78, 5) is 31.3. The fraction of sp³-hybridized carbons (Fsp3) is 0.577. The number of hydrogen-bond acceptors (Lipinski definition) is 9. The van der Waals surface area contributed by atoms with E-state index in [1.54, 1.807) is 0 Å². The van der Waals surface area contributed by atoms with Gasteiger partial charge in [0.2, 0.25) is 5.89 Å². The van der Waals surface area contributed by atoms with Crippen LogP contribution in [0.2, 0.25) is 0 Å². The number of aliphatic hydroxyl groups is 1. The Bertz CT molecular complexity index is 1180. The number of benzene rings is 1. The number of oxazole rings is 1. The molecule has 1 aromatic heterocycles. The number of rotatable bonds is 11. The van der Waals surface area contributed by atoms with Crippen LogP contribution in [0.4, 0.5) is 13.6 Å². The smallest absolute Gasteiger partial charge is 0.407 e. The van der Waals surface area contributed by atoms with Crippen LogP contribution in [0.1, 0.15) is 55.4 Å². The summed E-state index contributed by atoms with van der Waals surface area (Å²) in [5, 5.41) is 12.6. The molecule has 0 unspecified atom stereocenters. The summed E-state index contributed by atoms with van der Waals surface area (Å²) in [6.07, 6.45) is 1.69. The minimum atomic E-state index is -3.03. The van der Waals surface area contributed by atoms with Gasteiger partial charge in [0.25, 0.3) is 5.91 Å². The van der Waals surface area contributed by atoms with Crippen molar-refractivity contribution in [2.75, 3.05) is 26.9 Å². The standard InChI is InChI=1S/C26H34F2N4O7.ClH/c1-13(2)20(29)22-21(24(34)32-10-16(9-17(32)11-33)30-26(35)36-3)31-23(39-22)15-6-7-18(38-25(27)28)19(8-15)37-12-14-4-5-14;/h6-8,13-14,16-17,20,25,33H,4-5,9-12,29H2,1-3H3,(H,30,35);1H/t16-,17+,20+;/m1./s1. The Balaban J connectivity index is 0.00000441. The Kier molecular flexibility index (Phi) is 10.6. The first-order valence-electron chi connectivity index (χ1n) is 12.9. The lowest BCUT2D eigenvalue weighted by Gasteiger charge is -2.23. The van der Waals surface area contributed by atoms with E-state index < -0.39 is 36.7 Å². The number of likely N-dealkylation sites (tertiary alicyclic amines) is 1. The molecule has 1 aliphatic carbocycles. The van der Waals surface area contributed by atoms with E-state index in [0.29, 0.717) is 24.5 Å². The molecular weight excluding hydrogens is 554 g/mol. The van der Waals surface area contributed by atoms with Crippen LogP contribution in [-0.4, -0.2) is 72.6 Å². The fourth-order valence-electron chi connectivity index (χ4n) is 4.38. The fourth-order valence-corrected chi connectivity index (χ4v) is 4.38. The quantitative estimate of drug-likeness (QED) is 0.357. The van der Waals surface area contributed by atoms with Crippen LogP contribution >= 0.6 is 12.4 Å². The molecule has 4 N–H and O–H groups in total. The number of nitrogens with one attached hydrogen (secondary N) is 1. The highest BCUT2D eigenvalue weighted by Gasteiger charge is 2.39. The summed E-state index contributed by atoms with van der Waals surface area (Å²) in [7, 11) is 1.24. The molecule has 3 atom stereocenters. The predicted molar refractivity (Wildman–Crippen MR) is 142 cm³/mol. The van der Waals surface area contributed by atoms with Crippen LogP contribution in [0, 0.1) is 11.8 Å². The maximum absolute atomic E-state index is 13.7. The molecule has 1 aromatic carbocycles. The van der Waals surface area contributed by atoms with Gasteiger partial charge in [-0.3, -0.25) is 4.79 Å². The number of carbonyl (C=O) groups is 2. The van der Waals surface area contributed by atoms with Gasteiger partial charge in [0, 0.05) is 12.1 Å². The average molecular weight is 589 g/mol. The molecule has 2 aromatic rings. The number of hydrogen-bond donors (Lipinski definition) is 3. The highest BCUT2D eigenvalue weighted by Crippen LogP contribution is 2.38. The van der Waals surface area contributed by atoms with Gasteiger partial charge in [-0.2, -0.15) is 8.78 Å². The van der Waals surface area contributed by atoms with Crippen LogP contribution in [-0.2, 0) is 4.74 Å². The largest absolute Gasteiger partial charge is 0.489 e. The van der Waals surface area contributed by atoms with Crippen LogP contribution in [0.3, 0.4) is 0 Å². The lowest BCUT2D eigenvalue weighted by Crippen LogP contribution is -2.40. The van der Waals surface area contributed by atoms with E-state index in [-0.39, 0.29) is 60.3 Å². The highest BCUT2D eigenvalue weighted by molar-refractivity contribution is 5.94. The number of methoxy groups -OCH3 is 1. The maximum atomic E-state index is 13.7. The molecule has 1 saturated carbocycles. The molecular formula is C26H35ClF2N4O7. The Morgan fingerprint density at radius 1 is 1.27 bits per heavy atom. The van der Waals surface area contributed by atoms with Gasteiger partial charge in [0.15, 0.2) is 23.0 Å². The van der Waals surface area contributed by atoms with Crippen molar-refractivity contribution in [1.29, 1.82) is 0 Å². The van der Waals surface area contributed by atoms with Crippen LogP contribution in [0.5, 0.6) is 11.5 Å². The lowest BCUT2D eigenvalue weighted by atomic mass is 10.0. The number of halogens is 3. The summed E-state index contributed by atoms with van der Waals surface area (Å²) >= 11 is 0. The summed E-state index contributed by atoms with van der Waals surface area (Å²) in [6.45, 7) is 0.859. The Hall–Kier alpha value is -3.16. The summed E-state index contributed by atoms with van der Waals surface area (Å²) in [5.74, 6) is -0.0787. The molecule has 2 heterocycles. The number of aliphatic hydroxyl groups excluding tert-OH is 1. The number of alkyl carbamates (subject to hydrolysis) is 1. The van der Waals surface area contributed by atoms with E-state index in [1.807, 2.05) is 13.8 Å². The second-order valence-electron chi connectivity index (χ2n) is 10.2. The molecule has 2 fully saturated rings. The SMILES string of the molecule is COC(=O)N[C@@H]1C[C@@H](CO)N(C(=O)c2nc(-c3ccc(OC(F)F)c(OCC4CC4)c3)oc2[C@@H](N)C(C)C)C1.Cl. The third-order valence-corrected chi connectivity index (χ3v) is 6.85. The van der Waals surface area contributed by atoms with E-state index in [0.717, 1.165) is 12.8 Å². The topological polar surface area (TPSA) is 149 Å². The van der Waals surface area contributed by atoms with E-state index in [2.05, 4.69) is 19.8 Å². The molecule has 4 rings (SSSR count). The third-order valence-electron chi connectivity index (χ3n) is 6.85. The first kappa shape index (κ1) is 31.4. The predicted octanol–water partition coefficient (Wildman–Crippen LogP) is 3.74. The van der Waals surface area contributed by atoms with E-state index in [1.165, 1.54) is 30.2 Å². The van der Waals surface area contributed by atoms with Gasteiger partial charge in [0.05, 0.1) is 38.4 Å². The van der Waals surface area contributed by atoms with E-state index >= 15 is 0 Å². The molecule has 11 nitrogen and oxygen atoms in total. The van der Waals surface area contributed by atoms with Crippen molar-refractivity contribution in [3.63, 3.8) is 0 Å². The van der Waals surface area contributed by atoms with E-state index in [9.17, 15) is 23.5 Å². The molecule has 2 amide bonds. The van der Waals surface area contributed by atoms with Gasteiger partial charge in [-0.15, -0.1) is 12.4 Å². The minimum absolute atomic E-state index is 0. The van der Waals surface area contributed by atoms with E-state index in [4.69, 9.17) is 14.9 Å². The van der Waals surface area contributed by atoms with Crippen molar-refractivity contribution in [2.24, 2.45) is 17.6 Å². The van der Waals surface area contributed by atoms with Gasteiger partial charge in [-0.1, -0.05) is 13.8 Å². The molecule has 40 heavy (non-hydrogen) atoms. The molecule has 0 bridgehead atoms. The number of ether oxygens (including phenoxy) is 3. The molecule has 0 spiro atoms. The zero-order valence-electron chi connectivity index (χ0n) is 22.5. The van der Waals surface area contributed by atoms with Crippen LogP contribution in [0.25, 0.3) is 11.5 Å². The minimum Gasteiger partial charge on any atom is -0.489 e. The molecule has 2 aliphatic rings. The maximum Gasteiger partial charge on any atom is 0.407 e. The van der Waals surface area contributed by atoms with Crippen molar-refractivity contribution in [3.05, 3.63) is 29.7 Å². The van der Waals surface area contributed by atoms with Gasteiger partial charge in [0.1, 0.15) is 0 Å². The van der Waals surface area contributed by atoms with Crippen LogP contribution < -0.4 is 20.5 Å². The van der Waals surface area contributed by atoms with Gasteiger partial charge >= 0.3 is 12.7 Å². The van der Waals surface area contributed by atoms with Gasteiger partial charge < -0.3 is 39.7 Å². The first-order chi connectivity index (χ1) is 18.6. The molecule has 222 valence electrons. The van der Waals surface area contributed by atoms with Crippen molar-refractivity contribution in [2.45, 2.75) is 57.8 Å². The van der Waals surface area contributed by atoms with Crippen LogP contribution in [0.15, 0.2) is 22.6 Å². The number of nitrogens with two attached hydrogens (primary N) is 1. The molecule has 14 heteroatoms. The van der Waals surface area contributed by atoms with Crippen molar-refractivity contribution < 1.29 is 42.1 Å². The zero-order valence-corrected chi connectivity index (χ0v) is 23.3. The summed E-state index contributed by atoms with van der Waals surface area (Å²) < 4.78 is 46.9.